The normalized spacial score (nSPS) is 14.4. The van der Waals surface area contributed by atoms with Crippen LogP contribution in [0.4, 0.5) is 0 Å². The second kappa shape index (κ2) is 5.64. The van der Waals surface area contributed by atoms with Crippen LogP contribution in [0, 0.1) is 11.3 Å². The average molecular weight is 218 g/mol. The van der Waals surface area contributed by atoms with E-state index in [4.69, 9.17) is 5.26 Å². The Hall–Kier alpha value is -1.37. The van der Waals surface area contributed by atoms with Crippen LogP contribution in [0.15, 0.2) is 30.3 Å². The van der Waals surface area contributed by atoms with E-state index in [0.717, 1.165) is 5.56 Å². The summed E-state index contributed by atoms with van der Waals surface area (Å²) in [5.41, 5.74) is 0.0321. The van der Waals surface area contributed by atoms with Gasteiger partial charge >= 0.3 is 0 Å². The lowest BCUT2D eigenvalue weighted by molar-refractivity contribution is 0.0240. The van der Waals surface area contributed by atoms with E-state index < -0.39 is 5.60 Å². The first-order valence-electron chi connectivity index (χ1n) is 5.39. The van der Waals surface area contributed by atoms with Crippen LogP contribution in [0.5, 0.6) is 0 Å². The molecule has 0 saturated heterocycles. The molecule has 0 aliphatic heterocycles. The molecule has 16 heavy (non-hydrogen) atoms. The van der Waals surface area contributed by atoms with E-state index in [2.05, 4.69) is 6.07 Å². The molecule has 1 rings (SSSR count). The Morgan fingerprint density at radius 3 is 2.56 bits per heavy atom. The van der Waals surface area contributed by atoms with E-state index in [9.17, 15) is 5.11 Å². The first-order chi connectivity index (χ1) is 7.56. The molecule has 1 aromatic rings. The summed E-state index contributed by atoms with van der Waals surface area (Å²) in [5.74, 6) is 0. The Bertz CT molecular complexity index is 354. The number of benzene rings is 1. The highest BCUT2D eigenvalue weighted by atomic mass is 16.3. The number of nitrogens with zero attached hydrogens (tertiary/aromatic N) is 2. The van der Waals surface area contributed by atoms with Crippen LogP contribution >= 0.6 is 0 Å². The molecule has 0 bridgehead atoms. The highest BCUT2D eigenvalue weighted by Gasteiger charge is 2.24. The Morgan fingerprint density at radius 1 is 1.38 bits per heavy atom. The first kappa shape index (κ1) is 12.7. The molecule has 0 amide bonds. The molecule has 3 nitrogen and oxygen atoms in total. The number of hydrogen-bond acceptors (Lipinski definition) is 3. The number of hydrogen-bond donors (Lipinski definition) is 1. The highest BCUT2D eigenvalue weighted by Crippen LogP contribution is 2.20. The summed E-state index contributed by atoms with van der Waals surface area (Å²) < 4.78 is 0. The van der Waals surface area contributed by atoms with Gasteiger partial charge in [-0.05, 0) is 19.5 Å². The fraction of sp³-hybridized carbons (Fsp3) is 0.462. The van der Waals surface area contributed by atoms with Crippen molar-refractivity contribution in [1.29, 1.82) is 5.26 Å². The Balaban J connectivity index is 2.62. The third-order valence-electron chi connectivity index (χ3n) is 2.58. The van der Waals surface area contributed by atoms with Crippen molar-refractivity contribution in [3.63, 3.8) is 0 Å². The van der Waals surface area contributed by atoms with Crippen LogP contribution < -0.4 is 0 Å². The molecule has 0 aliphatic rings. The van der Waals surface area contributed by atoms with E-state index >= 15 is 0 Å². The summed E-state index contributed by atoms with van der Waals surface area (Å²) in [6.07, 6.45) is 0.487. The van der Waals surface area contributed by atoms with Gasteiger partial charge < -0.3 is 10.0 Å². The van der Waals surface area contributed by atoms with E-state index in [1.54, 1.807) is 6.92 Å². The number of rotatable bonds is 5. The highest BCUT2D eigenvalue weighted by molar-refractivity contribution is 5.21. The van der Waals surface area contributed by atoms with Gasteiger partial charge in [0.15, 0.2) is 0 Å². The molecule has 0 saturated carbocycles. The maximum absolute atomic E-state index is 10.3. The van der Waals surface area contributed by atoms with Crippen molar-refractivity contribution >= 4 is 0 Å². The Kier molecular flexibility index (Phi) is 4.48. The largest absolute Gasteiger partial charge is 0.384 e. The molecule has 1 atom stereocenters. The van der Waals surface area contributed by atoms with E-state index in [-0.39, 0.29) is 0 Å². The van der Waals surface area contributed by atoms with Gasteiger partial charge in [0.2, 0.25) is 0 Å². The third kappa shape index (κ3) is 3.65. The van der Waals surface area contributed by atoms with E-state index in [1.165, 1.54) is 0 Å². The van der Waals surface area contributed by atoms with Crippen molar-refractivity contribution in [2.45, 2.75) is 18.9 Å². The topological polar surface area (TPSA) is 47.3 Å². The van der Waals surface area contributed by atoms with Crippen LogP contribution in [0.2, 0.25) is 0 Å². The van der Waals surface area contributed by atoms with Crippen LogP contribution in [0.1, 0.15) is 18.9 Å². The molecule has 1 unspecified atom stereocenters. The molecule has 0 aliphatic carbocycles. The van der Waals surface area contributed by atoms with Crippen molar-refractivity contribution < 1.29 is 5.11 Å². The molecule has 0 heterocycles. The molecule has 0 spiro atoms. The zero-order valence-electron chi connectivity index (χ0n) is 9.85. The van der Waals surface area contributed by atoms with Crippen molar-refractivity contribution in [2.24, 2.45) is 0 Å². The van der Waals surface area contributed by atoms with Crippen LogP contribution in [0.3, 0.4) is 0 Å². The summed E-state index contributed by atoms with van der Waals surface area (Å²) in [4.78, 5) is 1.97. The SMILES string of the molecule is CN(CCC#N)CC(C)(O)c1ccccc1. The number of aliphatic hydroxyl groups is 1. The average Bonchev–Trinajstić information content (AvgIpc) is 2.27. The minimum absolute atomic E-state index is 0.487. The quantitative estimate of drug-likeness (QED) is 0.819. The van der Waals surface area contributed by atoms with Crippen LogP contribution in [-0.2, 0) is 5.60 Å². The summed E-state index contributed by atoms with van der Waals surface area (Å²) in [6, 6.07) is 11.7. The van der Waals surface area contributed by atoms with Gasteiger partial charge in [-0.25, -0.2) is 0 Å². The van der Waals surface area contributed by atoms with E-state index in [1.807, 2.05) is 42.3 Å². The second-order valence-corrected chi connectivity index (χ2v) is 4.29. The van der Waals surface area contributed by atoms with Gasteiger partial charge in [-0.2, -0.15) is 5.26 Å². The molecule has 1 aromatic carbocycles. The molecular formula is C13H18N2O. The minimum atomic E-state index is -0.870. The molecule has 0 radical (unpaired) electrons. The lowest BCUT2D eigenvalue weighted by Gasteiger charge is -2.29. The summed E-state index contributed by atoms with van der Waals surface area (Å²) in [5, 5.41) is 18.8. The van der Waals surface area contributed by atoms with Gasteiger partial charge in [0.1, 0.15) is 0 Å². The third-order valence-corrected chi connectivity index (χ3v) is 2.58. The second-order valence-electron chi connectivity index (χ2n) is 4.29. The van der Waals surface area contributed by atoms with Crippen molar-refractivity contribution in [3.8, 4) is 6.07 Å². The van der Waals surface area contributed by atoms with Gasteiger partial charge in [0, 0.05) is 19.5 Å². The smallest absolute Gasteiger partial charge is 0.0994 e. The lowest BCUT2D eigenvalue weighted by Crippen LogP contribution is -2.37. The zero-order chi connectivity index (χ0) is 12.0. The molecule has 0 aromatic heterocycles. The number of likely N-dealkylation sites (N-methyl/N-ethyl adjacent to an activating group) is 1. The van der Waals surface area contributed by atoms with E-state index in [0.29, 0.717) is 19.5 Å². The Labute approximate surface area is 96.9 Å². The van der Waals surface area contributed by atoms with Gasteiger partial charge in [-0.15, -0.1) is 0 Å². The first-order valence-corrected chi connectivity index (χ1v) is 5.39. The maximum Gasteiger partial charge on any atom is 0.0994 e. The zero-order valence-corrected chi connectivity index (χ0v) is 9.85. The molecule has 86 valence electrons. The standard InChI is InChI=1S/C13H18N2O/c1-13(16,11-15(2)10-6-9-14)12-7-4-3-5-8-12/h3-5,7-8,16H,6,10-11H2,1-2H3. The minimum Gasteiger partial charge on any atom is -0.384 e. The fourth-order valence-electron chi connectivity index (χ4n) is 1.73. The van der Waals surface area contributed by atoms with Crippen molar-refractivity contribution in [2.75, 3.05) is 20.1 Å². The summed E-state index contributed by atoms with van der Waals surface area (Å²) >= 11 is 0. The van der Waals surface area contributed by atoms with Crippen molar-refractivity contribution in [3.05, 3.63) is 35.9 Å². The van der Waals surface area contributed by atoms with Gasteiger partial charge in [-0.3, -0.25) is 0 Å². The molecule has 1 N–H and O–H groups in total. The van der Waals surface area contributed by atoms with Gasteiger partial charge in [0.05, 0.1) is 11.7 Å². The molecule has 3 heteroatoms. The van der Waals surface area contributed by atoms with Crippen LogP contribution in [-0.4, -0.2) is 30.1 Å². The predicted octanol–water partition coefficient (Wildman–Crippen LogP) is 1.74. The fourth-order valence-corrected chi connectivity index (χ4v) is 1.73. The van der Waals surface area contributed by atoms with Gasteiger partial charge in [-0.1, -0.05) is 30.3 Å². The molecule has 0 fully saturated rings. The predicted molar refractivity (Wildman–Crippen MR) is 63.7 cm³/mol. The number of nitriles is 1. The van der Waals surface area contributed by atoms with Crippen molar-refractivity contribution in [1.82, 2.24) is 4.90 Å². The molecular weight excluding hydrogens is 200 g/mol. The monoisotopic (exact) mass is 218 g/mol. The lowest BCUT2D eigenvalue weighted by atomic mass is 9.95. The Morgan fingerprint density at radius 2 is 2.00 bits per heavy atom. The van der Waals surface area contributed by atoms with Gasteiger partial charge in [0.25, 0.3) is 0 Å². The van der Waals surface area contributed by atoms with Crippen LogP contribution in [0.25, 0.3) is 0 Å². The summed E-state index contributed by atoms with van der Waals surface area (Å²) in [7, 11) is 1.91. The summed E-state index contributed by atoms with van der Waals surface area (Å²) in [6.45, 7) is 3.00. The maximum atomic E-state index is 10.3.